The first-order valence-electron chi connectivity index (χ1n) is 9.91. The summed E-state index contributed by atoms with van der Waals surface area (Å²) < 4.78 is 8.04. The van der Waals surface area contributed by atoms with Crippen molar-refractivity contribution in [1.82, 2.24) is 0 Å². The Bertz CT molecular complexity index is 1410. The van der Waals surface area contributed by atoms with Crippen molar-refractivity contribution in [2.75, 3.05) is 0 Å². The number of non-ortho nitro benzene ring substituents is 1. The lowest BCUT2D eigenvalue weighted by Crippen LogP contribution is -2.00. The first kappa shape index (κ1) is 23.2. The van der Waals surface area contributed by atoms with Crippen LogP contribution in [0.2, 0.25) is 0 Å². The van der Waals surface area contributed by atoms with Crippen LogP contribution < -0.4 is 4.74 Å². The van der Waals surface area contributed by atoms with E-state index in [9.17, 15) is 15.4 Å². The van der Waals surface area contributed by atoms with Gasteiger partial charge in [-0.05, 0) is 90.9 Å². The smallest absolute Gasteiger partial charge is 0.270 e. The van der Waals surface area contributed by atoms with Crippen LogP contribution in [0.1, 0.15) is 16.7 Å². The Kier molecular flexibility index (Phi) is 7.25. The topological polar surface area (TPSA) is 76.2 Å². The predicted molar refractivity (Wildman–Crippen MR) is 147 cm³/mol. The summed E-state index contributed by atoms with van der Waals surface area (Å²) in [5, 5.41) is 23.1. The number of hydrogen-bond acceptors (Lipinski definition) is 4. The maximum absolute atomic E-state index is 11.1. The van der Waals surface area contributed by atoms with Crippen LogP contribution in [0.4, 0.5) is 5.69 Å². The molecule has 0 aliphatic rings. The molecule has 0 bridgehead atoms. The molecule has 0 unspecified atom stereocenters. The van der Waals surface area contributed by atoms with Crippen LogP contribution in [0, 0.1) is 28.6 Å². The minimum absolute atomic E-state index is 0.0463. The largest absolute Gasteiger partial charge is 0.487 e. The van der Waals surface area contributed by atoms with E-state index in [-0.39, 0.29) is 5.69 Å². The maximum atomic E-state index is 11.1. The summed E-state index contributed by atoms with van der Waals surface area (Å²) in [6, 6.07) is 26.5. The third-order valence-corrected chi connectivity index (χ3v) is 6.67. The number of ether oxygens (including phenoxy) is 1. The summed E-state index contributed by atoms with van der Waals surface area (Å²) in [5.74, 6) is 0.787. The van der Waals surface area contributed by atoms with Gasteiger partial charge in [0.25, 0.3) is 5.69 Å². The van der Waals surface area contributed by atoms with Gasteiger partial charge in [0.2, 0.25) is 0 Å². The lowest BCUT2D eigenvalue weighted by molar-refractivity contribution is -0.384. The number of nitriles is 1. The van der Waals surface area contributed by atoms with Crippen molar-refractivity contribution < 1.29 is 9.66 Å². The van der Waals surface area contributed by atoms with Gasteiger partial charge in [-0.15, -0.1) is 0 Å². The van der Waals surface area contributed by atoms with Crippen molar-refractivity contribution in [2.45, 2.75) is 6.61 Å². The summed E-state index contributed by atoms with van der Waals surface area (Å²) in [6.07, 6.45) is 1.73. The van der Waals surface area contributed by atoms with E-state index in [1.807, 2.05) is 30.3 Å². The molecule has 4 rings (SSSR count). The zero-order valence-electron chi connectivity index (χ0n) is 17.2. The van der Waals surface area contributed by atoms with Gasteiger partial charge in [0.15, 0.2) is 0 Å². The zero-order valence-corrected chi connectivity index (χ0v) is 21.5. The van der Waals surface area contributed by atoms with Crippen molar-refractivity contribution >= 4 is 73.3 Å². The molecule has 0 atom stereocenters. The lowest BCUT2D eigenvalue weighted by atomic mass is 10.0. The molecule has 33 heavy (non-hydrogen) atoms. The highest BCUT2D eigenvalue weighted by atomic mass is 127. The first-order chi connectivity index (χ1) is 16.0. The number of nitrogens with zero attached hydrogens (tertiary/aromatic N) is 2. The van der Waals surface area contributed by atoms with E-state index in [4.69, 9.17) is 4.74 Å². The number of halogens is 2. The third-order valence-electron chi connectivity index (χ3n) is 5.07. The van der Waals surface area contributed by atoms with Crippen LogP contribution in [0.5, 0.6) is 5.75 Å². The molecule has 162 valence electrons. The minimum atomic E-state index is -0.466. The van der Waals surface area contributed by atoms with E-state index in [0.29, 0.717) is 17.7 Å². The number of hydrogen-bond donors (Lipinski definition) is 0. The van der Waals surface area contributed by atoms with E-state index in [2.05, 4.69) is 75.5 Å². The number of nitro benzene ring substituents is 1. The average Bonchev–Trinajstić information content (AvgIpc) is 2.82. The summed E-state index contributed by atoms with van der Waals surface area (Å²) in [4.78, 5) is 10.6. The standard InChI is InChI=1S/C26H16I2N2O3/c27-24-12-17(11-21(15-29)19-7-4-9-22(14-19)30(31)32)13-25(28)26(24)33-16-20-8-3-6-18-5-1-2-10-23(18)20/h1-14H,16H2/b21-11-. The van der Waals surface area contributed by atoms with E-state index in [0.717, 1.165) is 24.0 Å². The minimum Gasteiger partial charge on any atom is -0.487 e. The van der Waals surface area contributed by atoms with Crippen molar-refractivity contribution in [3.05, 3.63) is 113 Å². The highest BCUT2D eigenvalue weighted by Crippen LogP contribution is 2.32. The Morgan fingerprint density at radius 2 is 1.70 bits per heavy atom. The summed E-state index contributed by atoms with van der Waals surface area (Å²) in [5.41, 5.74) is 2.75. The van der Waals surface area contributed by atoms with Gasteiger partial charge in [-0.3, -0.25) is 10.1 Å². The normalized spacial score (nSPS) is 11.2. The van der Waals surface area contributed by atoms with Crippen LogP contribution in [-0.4, -0.2) is 4.92 Å². The molecule has 4 aromatic rings. The van der Waals surface area contributed by atoms with Crippen LogP contribution in [0.3, 0.4) is 0 Å². The summed E-state index contributed by atoms with van der Waals surface area (Å²) in [7, 11) is 0. The van der Waals surface area contributed by atoms with Gasteiger partial charge in [-0.25, -0.2) is 0 Å². The van der Waals surface area contributed by atoms with Gasteiger partial charge in [0, 0.05) is 12.1 Å². The molecule has 0 amide bonds. The molecule has 0 heterocycles. The molecule has 0 radical (unpaired) electrons. The zero-order chi connectivity index (χ0) is 23.4. The Balaban J connectivity index is 1.61. The monoisotopic (exact) mass is 658 g/mol. The van der Waals surface area contributed by atoms with Gasteiger partial charge in [-0.1, -0.05) is 54.6 Å². The quantitative estimate of drug-likeness (QED) is 0.0704. The third kappa shape index (κ3) is 5.34. The molecule has 0 saturated carbocycles. The SMILES string of the molecule is N#C/C(=C/c1cc(I)c(OCc2cccc3ccccc23)c(I)c1)c1cccc([N+](=O)[O-])c1. The number of benzene rings is 4. The molecule has 0 N–H and O–H groups in total. The number of allylic oxidation sites excluding steroid dienone is 1. The second kappa shape index (κ2) is 10.3. The van der Waals surface area contributed by atoms with Crippen molar-refractivity contribution in [3.63, 3.8) is 0 Å². The molecule has 4 aromatic carbocycles. The highest BCUT2D eigenvalue weighted by Gasteiger charge is 2.12. The second-order valence-electron chi connectivity index (χ2n) is 7.22. The van der Waals surface area contributed by atoms with Crippen LogP contribution in [0.15, 0.2) is 78.9 Å². The molecular weight excluding hydrogens is 642 g/mol. The van der Waals surface area contributed by atoms with Gasteiger partial charge < -0.3 is 4.74 Å². The molecule has 0 spiro atoms. The van der Waals surface area contributed by atoms with Crippen LogP contribution in [0.25, 0.3) is 22.4 Å². The summed E-state index contributed by atoms with van der Waals surface area (Å²) in [6.45, 7) is 0.444. The van der Waals surface area contributed by atoms with Gasteiger partial charge in [-0.2, -0.15) is 5.26 Å². The predicted octanol–water partition coefficient (Wildman–Crippen LogP) is 7.60. The second-order valence-corrected chi connectivity index (χ2v) is 9.54. The maximum Gasteiger partial charge on any atom is 0.270 e. The number of nitro groups is 1. The molecule has 5 nitrogen and oxygen atoms in total. The molecule has 0 aliphatic carbocycles. The Labute approximate surface area is 218 Å². The molecular formula is C26H16I2N2O3. The molecule has 0 aromatic heterocycles. The Hall–Kier alpha value is -2.97. The Morgan fingerprint density at radius 1 is 1.00 bits per heavy atom. The van der Waals surface area contributed by atoms with Crippen molar-refractivity contribution in [1.29, 1.82) is 5.26 Å². The Morgan fingerprint density at radius 3 is 2.42 bits per heavy atom. The summed E-state index contributed by atoms with van der Waals surface area (Å²) >= 11 is 4.46. The van der Waals surface area contributed by atoms with Crippen molar-refractivity contribution in [2.24, 2.45) is 0 Å². The van der Waals surface area contributed by atoms with Crippen LogP contribution >= 0.6 is 45.2 Å². The molecule has 0 fully saturated rings. The number of fused-ring (bicyclic) bond motifs is 1. The average molecular weight is 658 g/mol. The van der Waals surface area contributed by atoms with E-state index < -0.39 is 4.92 Å². The van der Waals surface area contributed by atoms with Gasteiger partial charge in [0.05, 0.1) is 23.7 Å². The van der Waals surface area contributed by atoms with Gasteiger partial charge >= 0.3 is 0 Å². The fraction of sp³-hybridized carbons (Fsp3) is 0.0385. The highest BCUT2D eigenvalue weighted by molar-refractivity contribution is 14.1. The number of rotatable bonds is 6. The molecule has 7 heteroatoms. The van der Waals surface area contributed by atoms with Crippen LogP contribution in [-0.2, 0) is 6.61 Å². The first-order valence-corrected chi connectivity index (χ1v) is 12.1. The molecule has 0 saturated heterocycles. The molecule has 0 aliphatic heterocycles. The fourth-order valence-electron chi connectivity index (χ4n) is 3.50. The van der Waals surface area contributed by atoms with E-state index in [1.165, 1.54) is 22.9 Å². The van der Waals surface area contributed by atoms with E-state index >= 15 is 0 Å². The lowest BCUT2D eigenvalue weighted by Gasteiger charge is -2.13. The van der Waals surface area contributed by atoms with Gasteiger partial charge in [0.1, 0.15) is 12.4 Å². The van der Waals surface area contributed by atoms with Crippen molar-refractivity contribution in [3.8, 4) is 11.8 Å². The fourth-order valence-corrected chi connectivity index (χ4v) is 5.63. The van der Waals surface area contributed by atoms with E-state index in [1.54, 1.807) is 18.2 Å².